The molecule has 1 aromatic heterocycles. The number of benzene rings is 7. The van der Waals surface area contributed by atoms with E-state index in [9.17, 15) is 0 Å². The van der Waals surface area contributed by atoms with Gasteiger partial charge in [0, 0.05) is 5.69 Å². The molecular formula is C49H43N4+. The topological polar surface area (TPSA) is 15.3 Å². The summed E-state index contributed by atoms with van der Waals surface area (Å²) < 4.78 is 4.94. The van der Waals surface area contributed by atoms with Crippen LogP contribution in [-0.4, -0.2) is 10.7 Å². The third kappa shape index (κ3) is 5.01. The first-order valence-corrected chi connectivity index (χ1v) is 18.5. The first kappa shape index (κ1) is 32.5. The number of rotatable bonds is 7. The highest BCUT2D eigenvalue weighted by atomic mass is 15.5. The molecule has 53 heavy (non-hydrogen) atoms. The molecule has 0 spiro atoms. The van der Waals surface area contributed by atoms with Crippen molar-refractivity contribution in [2.45, 2.75) is 32.5 Å². The van der Waals surface area contributed by atoms with Crippen molar-refractivity contribution in [2.24, 2.45) is 7.05 Å². The average Bonchev–Trinajstić information content (AvgIpc) is 3.68. The number of hydrogen-bond donors (Lipinski definition) is 0. The molecule has 2 atom stereocenters. The average molecular weight is 688 g/mol. The second kappa shape index (κ2) is 13.0. The molecule has 1 aliphatic rings. The Bertz CT molecular complexity index is 2560. The van der Waals surface area contributed by atoms with E-state index in [0.29, 0.717) is 0 Å². The van der Waals surface area contributed by atoms with Crippen molar-refractivity contribution in [1.29, 1.82) is 0 Å². The molecule has 4 nitrogen and oxygen atoms in total. The van der Waals surface area contributed by atoms with Crippen LogP contribution in [0.1, 0.15) is 35.0 Å². The third-order valence-electron chi connectivity index (χ3n) is 11.2. The molecule has 0 fully saturated rings. The van der Waals surface area contributed by atoms with Gasteiger partial charge in [0.05, 0.1) is 18.4 Å². The van der Waals surface area contributed by atoms with Crippen LogP contribution in [0.5, 0.6) is 0 Å². The molecule has 0 bridgehead atoms. The van der Waals surface area contributed by atoms with Gasteiger partial charge >= 0.3 is 0 Å². The molecule has 7 aromatic carbocycles. The number of aromatic nitrogens is 2. The number of imidazole rings is 1. The summed E-state index contributed by atoms with van der Waals surface area (Å²) in [6, 6.07) is 66.5. The number of fused-ring (bicyclic) bond motifs is 2. The molecule has 0 radical (unpaired) electrons. The maximum absolute atomic E-state index is 2.69. The predicted molar refractivity (Wildman–Crippen MR) is 219 cm³/mol. The van der Waals surface area contributed by atoms with Gasteiger partial charge in [-0.25, -0.2) is 4.57 Å². The van der Waals surface area contributed by atoms with E-state index < -0.39 is 5.54 Å². The van der Waals surface area contributed by atoms with Crippen LogP contribution in [0.4, 0.5) is 17.1 Å². The molecule has 258 valence electrons. The van der Waals surface area contributed by atoms with Crippen LogP contribution in [0, 0.1) is 13.8 Å². The molecule has 0 saturated carbocycles. The molecule has 1 unspecified atom stereocenters. The number of hydrogen-bond acceptors (Lipinski definition) is 2. The van der Waals surface area contributed by atoms with Crippen LogP contribution in [0.15, 0.2) is 182 Å². The van der Waals surface area contributed by atoms with Crippen LogP contribution in [0.25, 0.3) is 27.8 Å². The van der Waals surface area contributed by atoms with E-state index in [2.05, 4.69) is 229 Å². The summed E-state index contributed by atoms with van der Waals surface area (Å²) in [7, 11) is 2.25. The fourth-order valence-electron chi connectivity index (χ4n) is 8.89. The van der Waals surface area contributed by atoms with Crippen molar-refractivity contribution < 1.29 is 4.57 Å². The molecule has 0 amide bonds. The molecular weight excluding hydrogens is 645 g/mol. The summed E-state index contributed by atoms with van der Waals surface area (Å²) in [5.74, 6) is 1.15. The molecule has 9 rings (SSSR count). The summed E-state index contributed by atoms with van der Waals surface area (Å²) in [4.78, 5) is 5.20. The Labute approximate surface area is 312 Å². The van der Waals surface area contributed by atoms with Crippen LogP contribution < -0.4 is 14.4 Å². The monoisotopic (exact) mass is 687 g/mol. The molecule has 0 aliphatic carbocycles. The highest BCUT2D eigenvalue weighted by molar-refractivity contribution is 5.87. The van der Waals surface area contributed by atoms with Gasteiger partial charge < -0.3 is 9.80 Å². The number of para-hydroxylation sites is 6. The summed E-state index contributed by atoms with van der Waals surface area (Å²) in [5.41, 5.74) is 13.5. The van der Waals surface area contributed by atoms with Gasteiger partial charge in [-0.2, -0.15) is 4.57 Å². The molecule has 0 saturated heterocycles. The van der Waals surface area contributed by atoms with Crippen LogP contribution in [0.2, 0.25) is 0 Å². The quantitative estimate of drug-likeness (QED) is 0.155. The van der Waals surface area contributed by atoms with Crippen LogP contribution in [-0.2, 0) is 12.6 Å². The van der Waals surface area contributed by atoms with Crippen molar-refractivity contribution in [3.63, 3.8) is 0 Å². The van der Waals surface area contributed by atoms with Gasteiger partial charge in [0.15, 0.2) is 16.6 Å². The fraction of sp³-hybridized carbons (Fsp3) is 0.122. The Morgan fingerprint density at radius 2 is 1.13 bits per heavy atom. The Hall–Kier alpha value is -6.39. The normalized spacial score (nSPS) is 15.1. The lowest BCUT2D eigenvalue weighted by molar-refractivity contribution is -0.656. The zero-order valence-electron chi connectivity index (χ0n) is 30.7. The van der Waals surface area contributed by atoms with E-state index in [0.717, 1.165) is 22.7 Å². The summed E-state index contributed by atoms with van der Waals surface area (Å²) in [6.45, 7) is 6.83. The molecule has 0 N–H and O–H groups in total. The first-order valence-electron chi connectivity index (χ1n) is 18.5. The summed E-state index contributed by atoms with van der Waals surface area (Å²) in [6.07, 6.45) is -0.0836. The van der Waals surface area contributed by atoms with Crippen molar-refractivity contribution in [2.75, 3.05) is 9.80 Å². The lowest BCUT2D eigenvalue weighted by atomic mass is 9.75. The molecule has 4 heteroatoms. The van der Waals surface area contributed by atoms with Crippen LogP contribution >= 0.6 is 0 Å². The maximum atomic E-state index is 2.69. The maximum Gasteiger partial charge on any atom is 0.298 e. The first-order chi connectivity index (χ1) is 26.0. The van der Waals surface area contributed by atoms with E-state index in [1.165, 1.54) is 50.3 Å². The highest BCUT2D eigenvalue weighted by Gasteiger charge is 2.57. The smallest absolute Gasteiger partial charge is 0.298 e. The van der Waals surface area contributed by atoms with E-state index in [1.54, 1.807) is 0 Å². The lowest BCUT2D eigenvalue weighted by Gasteiger charge is -2.45. The van der Waals surface area contributed by atoms with Gasteiger partial charge in [0.25, 0.3) is 5.82 Å². The minimum Gasteiger partial charge on any atom is -0.325 e. The number of nitrogens with zero attached hydrogens (tertiary/aromatic N) is 4. The molecule has 8 aromatic rings. The largest absolute Gasteiger partial charge is 0.325 e. The summed E-state index contributed by atoms with van der Waals surface area (Å²) in [5, 5.41) is 0. The highest BCUT2D eigenvalue weighted by Crippen LogP contribution is 2.55. The van der Waals surface area contributed by atoms with E-state index in [1.807, 2.05) is 0 Å². The second-order valence-electron chi connectivity index (χ2n) is 14.2. The standard InChI is InChI=1S/C49H43N4/c1-35-31-33-38(34-32-35)42-25-18-26-43(36(42)2)49(39-19-8-5-9-20-39,48-50(4)44-27-14-15-28-45(44)52(48)41-23-12-7-13-24-41)53-37(3)51(40-21-10-6-11-22-40)46-29-16-17-30-47(46)53/h5-34,37H,1-4H3/q+1/t37-,49?/m0/s1. The summed E-state index contributed by atoms with van der Waals surface area (Å²) >= 11 is 0. The van der Waals surface area contributed by atoms with Gasteiger partial charge in [-0.15, -0.1) is 0 Å². The number of aryl methyl sites for hydroxylation is 2. The van der Waals surface area contributed by atoms with E-state index in [-0.39, 0.29) is 6.17 Å². The van der Waals surface area contributed by atoms with Gasteiger partial charge in [0.2, 0.25) is 0 Å². The van der Waals surface area contributed by atoms with Crippen molar-refractivity contribution >= 4 is 28.1 Å². The van der Waals surface area contributed by atoms with Gasteiger partial charge in [0.1, 0.15) is 11.9 Å². The van der Waals surface area contributed by atoms with Crippen molar-refractivity contribution in [1.82, 2.24) is 4.57 Å². The minimum absolute atomic E-state index is 0.0836. The zero-order chi connectivity index (χ0) is 36.1. The Balaban J connectivity index is 1.49. The zero-order valence-corrected chi connectivity index (χ0v) is 30.7. The van der Waals surface area contributed by atoms with Gasteiger partial charge in [-0.1, -0.05) is 139 Å². The molecule has 2 heterocycles. The molecule has 1 aliphatic heterocycles. The minimum atomic E-state index is -0.839. The predicted octanol–water partition coefficient (Wildman–Crippen LogP) is 11.0. The van der Waals surface area contributed by atoms with Crippen molar-refractivity contribution in [3.8, 4) is 16.8 Å². The lowest BCUT2D eigenvalue weighted by Crippen LogP contribution is -2.59. The van der Waals surface area contributed by atoms with E-state index in [4.69, 9.17) is 0 Å². The SMILES string of the molecule is Cc1ccc(-c2cccc(C(c3ccccc3)(c3n(-c4ccccc4)c4ccccc4[n+]3C)N3c4ccccc4N(c4ccccc4)[C@@H]3C)c2C)cc1. The Morgan fingerprint density at radius 3 is 1.83 bits per heavy atom. The van der Waals surface area contributed by atoms with Gasteiger partial charge in [-0.05, 0) is 97.1 Å². The Kier molecular flexibility index (Phi) is 7.97. The Morgan fingerprint density at radius 1 is 0.547 bits per heavy atom. The third-order valence-corrected chi connectivity index (χ3v) is 11.2. The van der Waals surface area contributed by atoms with Crippen molar-refractivity contribution in [3.05, 3.63) is 210 Å². The second-order valence-corrected chi connectivity index (χ2v) is 14.2. The van der Waals surface area contributed by atoms with E-state index >= 15 is 0 Å². The number of anilines is 3. The fourth-order valence-corrected chi connectivity index (χ4v) is 8.89. The van der Waals surface area contributed by atoms with Gasteiger partial charge in [-0.3, -0.25) is 0 Å². The van der Waals surface area contributed by atoms with Crippen LogP contribution in [0.3, 0.4) is 0 Å².